The van der Waals surface area contributed by atoms with E-state index in [9.17, 15) is 9.59 Å². The summed E-state index contributed by atoms with van der Waals surface area (Å²) >= 11 is 0. The fraction of sp³-hybridized carbons (Fsp3) is 0.429. The Bertz CT molecular complexity index is 380. The van der Waals surface area contributed by atoms with Crippen LogP contribution in [-0.2, 0) is 9.59 Å². The molecule has 1 aliphatic rings. The molecule has 1 fully saturated rings. The number of likely N-dealkylation sites (tertiary alicyclic amines) is 1. The molecule has 1 rings (SSSR count). The van der Waals surface area contributed by atoms with Crippen molar-refractivity contribution in [1.29, 1.82) is 0 Å². The van der Waals surface area contributed by atoms with E-state index in [-0.39, 0.29) is 11.7 Å². The van der Waals surface area contributed by atoms with E-state index in [0.717, 1.165) is 12.0 Å². The highest BCUT2D eigenvalue weighted by Crippen LogP contribution is 2.20. The van der Waals surface area contributed by atoms with Gasteiger partial charge in [0.05, 0.1) is 0 Å². The molecule has 0 saturated carbocycles. The van der Waals surface area contributed by atoms with Crippen LogP contribution in [0.4, 0.5) is 0 Å². The Kier molecular flexibility index (Phi) is 4.88. The van der Waals surface area contributed by atoms with Crippen LogP contribution in [-0.4, -0.2) is 29.2 Å². The van der Waals surface area contributed by atoms with E-state index in [1.165, 1.54) is 6.92 Å². The van der Waals surface area contributed by atoms with Crippen molar-refractivity contribution in [3.63, 3.8) is 0 Å². The second kappa shape index (κ2) is 6.18. The molecule has 0 aromatic heterocycles. The van der Waals surface area contributed by atoms with Gasteiger partial charge in [-0.05, 0) is 25.8 Å². The number of carbonyl (C=O) groups excluding carboxylic acids is 2. The molecule has 0 aliphatic carbocycles. The molecule has 0 aromatic carbocycles. The number of amides is 1. The van der Waals surface area contributed by atoms with Crippen molar-refractivity contribution >= 4 is 11.7 Å². The van der Waals surface area contributed by atoms with Gasteiger partial charge in [0.25, 0.3) is 0 Å². The summed E-state index contributed by atoms with van der Waals surface area (Å²) in [5.41, 5.74) is 0.824. The average Bonchev–Trinajstić information content (AvgIpc) is 2.65. The van der Waals surface area contributed by atoms with Crippen molar-refractivity contribution in [1.82, 2.24) is 4.90 Å². The summed E-state index contributed by atoms with van der Waals surface area (Å²) in [4.78, 5) is 25.2. The Labute approximate surface area is 102 Å². The van der Waals surface area contributed by atoms with Crippen molar-refractivity contribution in [3.8, 4) is 0 Å². The first kappa shape index (κ1) is 13.4. The number of hydrogen-bond donors (Lipinski definition) is 0. The fourth-order valence-corrected chi connectivity index (χ4v) is 2.14. The molecule has 17 heavy (non-hydrogen) atoms. The van der Waals surface area contributed by atoms with E-state index in [2.05, 4.69) is 6.58 Å². The van der Waals surface area contributed by atoms with Crippen molar-refractivity contribution < 1.29 is 9.59 Å². The summed E-state index contributed by atoms with van der Waals surface area (Å²) in [5.74, 6) is 0.0520. The van der Waals surface area contributed by atoms with E-state index < -0.39 is 6.04 Å². The summed E-state index contributed by atoms with van der Waals surface area (Å²) in [6.07, 6.45) is 8.54. The van der Waals surface area contributed by atoms with Gasteiger partial charge in [0.15, 0.2) is 5.78 Å². The van der Waals surface area contributed by atoms with Gasteiger partial charge in [0.2, 0.25) is 5.91 Å². The molecule has 1 aliphatic heterocycles. The van der Waals surface area contributed by atoms with Crippen LogP contribution >= 0.6 is 0 Å². The molecule has 0 bridgehead atoms. The summed E-state index contributed by atoms with van der Waals surface area (Å²) in [6, 6.07) is -0.459. The van der Waals surface area contributed by atoms with Gasteiger partial charge in [-0.3, -0.25) is 9.59 Å². The molecule has 92 valence electrons. The van der Waals surface area contributed by atoms with E-state index in [4.69, 9.17) is 0 Å². The Balaban J connectivity index is 3.06. The molecule has 1 heterocycles. The Morgan fingerprint density at radius 3 is 2.65 bits per heavy atom. The molecular weight excluding hydrogens is 214 g/mol. The first-order valence-corrected chi connectivity index (χ1v) is 5.87. The van der Waals surface area contributed by atoms with Gasteiger partial charge in [0, 0.05) is 13.0 Å². The lowest BCUT2D eigenvalue weighted by Gasteiger charge is -2.26. The maximum atomic E-state index is 11.8. The van der Waals surface area contributed by atoms with Crippen molar-refractivity contribution in [2.45, 2.75) is 32.7 Å². The Morgan fingerprint density at radius 1 is 1.53 bits per heavy atom. The maximum absolute atomic E-state index is 11.8. The standard InChI is InChI=1S/C14H19NO2/c1-4-7-12(8-5-2)14(11(3)16)15-10-6-9-13(15)17/h4-5,7-8,14H,1,6,9-10H2,2-3H3/b8-5-,12-7+. The minimum Gasteiger partial charge on any atom is -0.329 e. The first-order valence-electron chi connectivity index (χ1n) is 5.87. The van der Waals surface area contributed by atoms with Crippen LogP contribution in [0, 0.1) is 0 Å². The van der Waals surface area contributed by atoms with Crippen LogP contribution in [0.2, 0.25) is 0 Å². The van der Waals surface area contributed by atoms with Crippen molar-refractivity contribution in [2.75, 3.05) is 6.54 Å². The molecule has 3 nitrogen and oxygen atoms in total. The maximum Gasteiger partial charge on any atom is 0.223 e. The molecule has 1 unspecified atom stereocenters. The van der Waals surface area contributed by atoms with Crippen LogP contribution < -0.4 is 0 Å². The highest BCUT2D eigenvalue weighted by molar-refractivity contribution is 5.91. The first-order chi connectivity index (χ1) is 8.11. The van der Waals surface area contributed by atoms with Crippen molar-refractivity contribution in [2.24, 2.45) is 0 Å². The normalized spacial score (nSPS) is 18.8. The number of rotatable bonds is 5. The lowest BCUT2D eigenvalue weighted by Crippen LogP contribution is -2.42. The molecule has 0 spiro atoms. The van der Waals surface area contributed by atoms with E-state index in [0.29, 0.717) is 13.0 Å². The van der Waals surface area contributed by atoms with E-state index in [1.807, 2.05) is 19.1 Å². The van der Waals surface area contributed by atoms with Gasteiger partial charge in [-0.25, -0.2) is 0 Å². The monoisotopic (exact) mass is 233 g/mol. The summed E-state index contributed by atoms with van der Waals surface area (Å²) in [6.45, 7) is 7.72. The number of allylic oxidation sites excluding steroid dienone is 3. The van der Waals surface area contributed by atoms with Gasteiger partial charge in [-0.1, -0.05) is 30.9 Å². The second-order valence-electron chi connectivity index (χ2n) is 4.11. The van der Waals surface area contributed by atoms with Crippen LogP contribution in [0.5, 0.6) is 0 Å². The minimum atomic E-state index is -0.459. The smallest absolute Gasteiger partial charge is 0.223 e. The zero-order chi connectivity index (χ0) is 12.8. The number of Topliss-reactive ketones (excluding diaryl/α,β-unsaturated/α-hetero) is 1. The number of hydrogen-bond acceptors (Lipinski definition) is 2. The number of ketones is 1. The molecule has 1 saturated heterocycles. The Hall–Kier alpha value is -1.64. The van der Waals surface area contributed by atoms with Crippen LogP contribution in [0.1, 0.15) is 26.7 Å². The summed E-state index contributed by atoms with van der Waals surface area (Å²) in [7, 11) is 0. The fourth-order valence-electron chi connectivity index (χ4n) is 2.14. The van der Waals surface area contributed by atoms with Gasteiger partial charge in [-0.2, -0.15) is 0 Å². The molecule has 1 amide bonds. The summed E-state index contributed by atoms with van der Waals surface area (Å²) in [5, 5.41) is 0. The molecule has 0 radical (unpaired) electrons. The predicted octanol–water partition coefficient (Wildman–Crippen LogP) is 2.25. The molecule has 1 atom stereocenters. The van der Waals surface area contributed by atoms with E-state index >= 15 is 0 Å². The zero-order valence-corrected chi connectivity index (χ0v) is 10.5. The lowest BCUT2D eigenvalue weighted by atomic mass is 10.0. The number of carbonyl (C=O) groups is 2. The third-order valence-corrected chi connectivity index (χ3v) is 2.79. The van der Waals surface area contributed by atoms with Gasteiger partial charge in [0.1, 0.15) is 6.04 Å². The van der Waals surface area contributed by atoms with E-state index in [1.54, 1.807) is 17.1 Å². The van der Waals surface area contributed by atoms with Crippen LogP contribution in [0.15, 0.2) is 36.5 Å². The summed E-state index contributed by atoms with van der Waals surface area (Å²) < 4.78 is 0. The second-order valence-corrected chi connectivity index (χ2v) is 4.11. The highest BCUT2D eigenvalue weighted by atomic mass is 16.2. The minimum absolute atomic E-state index is 0.00792. The SMILES string of the molecule is C=C/C=C(\C=C/C)C(C(C)=O)N1CCCC1=O. The third kappa shape index (κ3) is 3.16. The molecule has 0 N–H and O–H groups in total. The topological polar surface area (TPSA) is 37.4 Å². The molecular formula is C14H19NO2. The van der Waals surface area contributed by atoms with Gasteiger partial charge in [-0.15, -0.1) is 0 Å². The third-order valence-electron chi connectivity index (χ3n) is 2.79. The van der Waals surface area contributed by atoms with Crippen LogP contribution in [0.25, 0.3) is 0 Å². The number of nitrogens with zero attached hydrogens (tertiary/aromatic N) is 1. The average molecular weight is 233 g/mol. The highest BCUT2D eigenvalue weighted by Gasteiger charge is 2.32. The molecule has 3 heteroatoms. The van der Waals surface area contributed by atoms with Gasteiger partial charge >= 0.3 is 0 Å². The quantitative estimate of drug-likeness (QED) is 0.683. The van der Waals surface area contributed by atoms with Crippen LogP contribution in [0.3, 0.4) is 0 Å². The lowest BCUT2D eigenvalue weighted by molar-refractivity contribution is -0.134. The predicted molar refractivity (Wildman–Crippen MR) is 68.5 cm³/mol. The Morgan fingerprint density at radius 2 is 2.24 bits per heavy atom. The zero-order valence-electron chi connectivity index (χ0n) is 10.5. The molecule has 0 aromatic rings. The van der Waals surface area contributed by atoms with Gasteiger partial charge < -0.3 is 4.90 Å². The largest absolute Gasteiger partial charge is 0.329 e. The van der Waals surface area contributed by atoms with Crippen molar-refractivity contribution in [3.05, 3.63) is 36.5 Å².